The fourth-order valence-electron chi connectivity index (χ4n) is 3.17. The molecule has 1 atom stereocenters. The minimum Gasteiger partial charge on any atom is -0.370 e. The van der Waals surface area contributed by atoms with Gasteiger partial charge in [-0.1, -0.05) is 28.1 Å². The lowest BCUT2D eigenvalue weighted by Gasteiger charge is -2.34. The Hall–Kier alpha value is -2.45. The number of hydrogen-bond acceptors (Lipinski definition) is 5. The molecule has 1 heterocycles. The molecule has 28 heavy (non-hydrogen) atoms. The Bertz CT molecular complexity index is 870. The van der Waals surface area contributed by atoms with E-state index in [4.69, 9.17) is 4.74 Å². The number of benzene rings is 2. The van der Waals surface area contributed by atoms with E-state index in [1.807, 2.05) is 43.0 Å². The number of carbonyl (C=O) groups excluding carboxylic acids is 1. The predicted octanol–water partition coefficient (Wildman–Crippen LogP) is 4.07. The highest BCUT2D eigenvalue weighted by Gasteiger charge is 2.28. The molecule has 2 aromatic carbocycles. The Morgan fingerprint density at radius 1 is 1.29 bits per heavy atom. The molecule has 0 unspecified atom stereocenters. The van der Waals surface area contributed by atoms with Crippen LogP contribution in [0.4, 0.5) is 11.4 Å². The van der Waals surface area contributed by atoms with Gasteiger partial charge in [-0.15, -0.1) is 0 Å². The topological polar surface area (TPSA) is 84.7 Å². The number of halogens is 1. The van der Waals surface area contributed by atoms with Crippen LogP contribution >= 0.6 is 15.9 Å². The first-order valence-electron chi connectivity index (χ1n) is 9.06. The molecule has 0 aliphatic carbocycles. The van der Waals surface area contributed by atoms with Crippen LogP contribution < -0.4 is 10.2 Å². The molecule has 0 radical (unpaired) electrons. The molecule has 148 valence electrons. The summed E-state index contributed by atoms with van der Waals surface area (Å²) in [4.78, 5) is 25.4. The SMILES string of the molecule is CC(C)NC(=O)c1ccc(N2CCO[C@@H](c3ccc(Br)cc3)C2)c([N+](=O)[O-])c1. The maximum absolute atomic E-state index is 12.2. The van der Waals surface area contributed by atoms with Crippen LogP contribution in [0, 0.1) is 10.1 Å². The van der Waals surface area contributed by atoms with E-state index in [0.29, 0.717) is 25.4 Å². The lowest BCUT2D eigenvalue weighted by Crippen LogP contribution is -2.38. The van der Waals surface area contributed by atoms with E-state index >= 15 is 0 Å². The molecule has 1 saturated heterocycles. The third-order valence-corrected chi connectivity index (χ3v) is 5.03. The third kappa shape index (κ3) is 4.69. The maximum Gasteiger partial charge on any atom is 0.293 e. The first-order valence-corrected chi connectivity index (χ1v) is 9.85. The Balaban J connectivity index is 1.86. The van der Waals surface area contributed by atoms with Gasteiger partial charge >= 0.3 is 0 Å². The van der Waals surface area contributed by atoms with Gasteiger partial charge < -0.3 is 15.0 Å². The second-order valence-corrected chi connectivity index (χ2v) is 7.86. The van der Waals surface area contributed by atoms with Crippen LogP contribution in [0.2, 0.25) is 0 Å². The molecule has 1 N–H and O–H groups in total. The molecule has 3 rings (SSSR count). The van der Waals surface area contributed by atoms with Crippen LogP contribution in [-0.4, -0.2) is 36.6 Å². The van der Waals surface area contributed by atoms with Crippen molar-refractivity contribution in [3.05, 3.63) is 68.2 Å². The number of nitrogens with zero attached hydrogens (tertiary/aromatic N) is 2. The van der Waals surface area contributed by atoms with Crippen LogP contribution in [-0.2, 0) is 4.74 Å². The predicted molar refractivity (Wildman–Crippen MR) is 111 cm³/mol. The Morgan fingerprint density at radius 2 is 2.00 bits per heavy atom. The first-order chi connectivity index (χ1) is 13.3. The van der Waals surface area contributed by atoms with Crippen molar-refractivity contribution >= 4 is 33.2 Å². The number of nitrogens with one attached hydrogen (secondary N) is 1. The highest BCUT2D eigenvalue weighted by molar-refractivity contribution is 9.10. The minimum absolute atomic E-state index is 0.0443. The van der Waals surface area contributed by atoms with Gasteiger partial charge in [0, 0.05) is 35.2 Å². The van der Waals surface area contributed by atoms with Crippen molar-refractivity contribution in [2.24, 2.45) is 0 Å². The quantitative estimate of drug-likeness (QED) is 0.551. The first kappa shape index (κ1) is 20.3. The van der Waals surface area contributed by atoms with Crippen molar-refractivity contribution in [3.63, 3.8) is 0 Å². The van der Waals surface area contributed by atoms with Crippen LogP contribution in [0.3, 0.4) is 0 Å². The molecule has 1 amide bonds. The van der Waals surface area contributed by atoms with Crippen molar-refractivity contribution in [1.29, 1.82) is 0 Å². The Morgan fingerprint density at radius 3 is 2.64 bits per heavy atom. The normalized spacial score (nSPS) is 16.9. The summed E-state index contributed by atoms with van der Waals surface area (Å²) < 4.78 is 6.85. The smallest absolute Gasteiger partial charge is 0.293 e. The summed E-state index contributed by atoms with van der Waals surface area (Å²) in [7, 11) is 0. The summed E-state index contributed by atoms with van der Waals surface area (Å²) in [6.45, 7) is 5.20. The van der Waals surface area contributed by atoms with Gasteiger partial charge in [0.15, 0.2) is 0 Å². The van der Waals surface area contributed by atoms with Crippen LogP contribution in [0.15, 0.2) is 46.9 Å². The van der Waals surface area contributed by atoms with Crippen LogP contribution in [0.5, 0.6) is 0 Å². The number of nitro groups is 1. The summed E-state index contributed by atoms with van der Waals surface area (Å²) in [6, 6.07) is 12.4. The van der Waals surface area contributed by atoms with Gasteiger partial charge in [0.05, 0.1) is 11.5 Å². The lowest BCUT2D eigenvalue weighted by atomic mass is 10.1. The van der Waals surface area contributed by atoms with Gasteiger partial charge in [-0.25, -0.2) is 0 Å². The number of rotatable bonds is 5. The van der Waals surface area contributed by atoms with Crippen molar-refractivity contribution in [2.45, 2.75) is 26.0 Å². The number of nitro benzene ring substituents is 1. The zero-order chi connectivity index (χ0) is 20.3. The van der Waals surface area contributed by atoms with Crippen molar-refractivity contribution in [2.75, 3.05) is 24.6 Å². The van der Waals surface area contributed by atoms with E-state index in [0.717, 1.165) is 10.0 Å². The zero-order valence-electron chi connectivity index (χ0n) is 15.7. The average molecular weight is 448 g/mol. The van der Waals surface area contributed by atoms with E-state index in [1.165, 1.54) is 6.07 Å². The standard InChI is InChI=1S/C20H22BrN3O4/c1-13(2)22-20(25)15-5-8-17(18(11-15)24(26)27)23-9-10-28-19(12-23)14-3-6-16(21)7-4-14/h3-8,11,13,19H,9-10,12H2,1-2H3,(H,22,25)/t19-/m1/s1. The number of carbonyl (C=O) groups is 1. The fourth-order valence-corrected chi connectivity index (χ4v) is 3.44. The van der Waals surface area contributed by atoms with Gasteiger partial charge in [0.1, 0.15) is 11.8 Å². The largest absolute Gasteiger partial charge is 0.370 e. The zero-order valence-corrected chi connectivity index (χ0v) is 17.3. The van der Waals surface area contributed by atoms with Gasteiger partial charge in [-0.05, 0) is 43.7 Å². The van der Waals surface area contributed by atoms with Crippen LogP contribution in [0.25, 0.3) is 0 Å². The monoisotopic (exact) mass is 447 g/mol. The van der Waals surface area contributed by atoms with E-state index < -0.39 is 4.92 Å². The second kappa shape index (κ2) is 8.70. The van der Waals surface area contributed by atoms with Gasteiger partial charge in [0.2, 0.25) is 0 Å². The lowest BCUT2D eigenvalue weighted by molar-refractivity contribution is -0.384. The van der Waals surface area contributed by atoms with E-state index in [-0.39, 0.29) is 29.3 Å². The minimum atomic E-state index is -0.439. The van der Waals surface area contributed by atoms with Crippen molar-refractivity contribution < 1.29 is 14.5 Å². The van der Waals surface area contributed by atoms with Crippen molar-refractivity contribution in [3.8, 4) is 0 Å². The molecule has 0 saturated carbocycles. The molecule has 0 aromatic heterocycles. The molecule has 2 aromatic rings. The Kier molecular flexibility index (Phi) is 6.31. The van der Waals surface area contributed by atoms with E-state index in [2.05, 4.69) is 21.2 Å². The number of amides is 1. The average Bonchev–Trinajstić information content (AvgIpc) is 2.67. The van der Waals surface area contributed by atoms with Crippen molar-refractivity contribution in [1.82, 2.24) is 5.32 Å². The summed E-state index contributed by atoms with van der Waals surface area (Å²) in [5.41, 5.74) is 1.72. The number of anilines is 1. The highest BCUT2D eigenvalue weighted by atomic mass is 79.9. The summed E-state index contributed by atoms with van der Waals surface area (Å²) in [5, 5.41) is 14.4. The molecule has 1 aliphatic rings. The fraction of sp³-hybridized carbons (Fsp3) is 0.350. The molecular weight excluding hydrogens is 426 g/mol. The number of hydrogen-bond donors (Lipinski definition) is 1. The highest BCUT2D eigenvalue weighted by Crippen LogP contribution is 2.33. The maximum atomic E-state index is 12.2. The van der Waals surface area contributed by atoms with E-state index in [1.54, 1.807) is 12.1 Å². The van der Waals surface area contributed by atoms with Gasteiger partial charge in [0.25, 0.3) is 11.6 Å². The summed E-state index contributed by atoms with van der Waals surface area (Å²) in [6.07, 6.45) is -0.176. The van der Waals surface area contributed by atoms with E-state index in [9.17, 15) is 14.9 Å². The van der Waals surface area contributed by atoms with Crippen LogP contribution in [0.1, 0.15) is 35.9 Å². The molecule has 1 aliphatic heterocycles. The third-order valence-electron chi connectivity index (χ3n) is 4.50. The van der Waals surface area contributed by atoms with Gasteiger partial charge in [-0.2, -0.15) is 0 Å². The van der Waals surface area contributed by atoms with Gasteiger partial charge in [-0.3, -0.25) is 14.9 Å². The molecule has 7 nitrogen and oxygen atoms in total. The number of morpholine rings is 1. The number of ether oxygens (including phenoxy) is 1. The Labute approximate surface area is 172 Å². The summed E-state index contributed by atoms with van der Waals surface area (Å²) in [5.74, 6) is -0.320. The summed E-state index contributed by atoms with van der Waals surface area (Å²) >= 11 is 3.42. The molecule has 8 heteroatoms. The molecular formula is C20H22BrN3O4. The molecule has 0 spiro atoms. The second-order valence-electron chi connectivity index (χ2n) is 6.95. The molecule has 0 bridgehead atoms. The molecule has 1 fully saturated rings.